The van der Waals surface area contributed by atoms with Gasteiger partial charge in [0.25, 0.3) is 0 Å². The summed E-state index contributed by atoms with van der Waals surface area (Å²) < 4.78 is 0. The number of benzene rings is 6. The molecule has 0 amide bonds. The van der Waals surface area contributed by atoms with Gasteiger partial charge in [-0.25, -0.2) is 0 Å². The topological polar surface area (TPSA) is 3.24 Å². The molecule has 0 fully saturated rings. The molecule has 0 bridgehead atoms. The smallest absolute Gasteiger partial charge is 0.192 e. The number of hydrogen-bond donors (Lipinski definition) is 0. The summed E-state index contributed by atoms with van der Waals surface area (Å²) in [4.78, 5) is 2.69. The van der Waals surface area contributed by atoms with Crippen molar-refractivity contribution in [2.75, 3.05) is 4.90 Å². The first-order valence-electron chi connectivity index (χ1n) is 21.9. The molecule has 1 nitrogen and oxygen atoms in total. The largest absolute Gasteiger partial charge is 0.311 e. The summed E-state index contributed by atoms with van der Waals surface area (Å²) >= 11 is 0. The molecule has 58 heavy (non-hydrogen) atoms. The Balaban J connectivity index is 1.20. The lowest BCUT2D eigenvalue weighted by molar-refractivity contribution is 0.331. The van der Waals surface area contributed by atoms with E-state index >= 15 is 0 Å². The summed E-state index contributed by atoms with van der Waals surface area (Å²) in [7, 11) is 2.57. The molecule has 0 spiro atoms. The maximum absolute atomic E-state index is 2.69. The molecule has 4 aliphatic rings. The maximum atomic E-state index is 2.69. The molecule has 1 radical (unpaired) electrons. The number of nitrogens with zero attached hydrogens (tertiary/aromatic N) is 1. The second-order valence-corrected chi connectivity index (χ2v) is 21.1. The van der Waals surface area contributed by atoms with Gasteiger partial charge in [0.05, 0.1) is 0 Å². The monoisotopic (exact) mass is 756 g/mol. The van der Waals surface area contributed by atoms with Gasteiger partial charge in [0.2, 0.25) is 0 Å². The van der Waals surface area contributed by atoms with Gasteiger partial charge in [-0.05, 0) is 182 Å². The molecular formula is C56H59BN. The van der Waals surface area contributed by atoms with Gasteiger partial charge in [0.15, 0.2) is 7.28 Å². The third-order valence-electron chi connectivity index (χ3n) is 15.2. The maximum Gasteiger partial charge on any atom is 0.192 e. The zero-order valence-corrected chi connectivity index (χ0v) is 36.8. The van der Waals surface area contributed by atoms with Crippen LogP contribution in [0, 0.1) is 20.8 Å². The molecule has 0 unspecified atom stereocenters. The highest BCUT2D eigenvalue weighted by molar-refractivity contribution is 6.67. The van der Waals surface area contributed by atoms with E-state index in [9.17, 15) is 0 Å². The van der Waals surface area contributed by atoms with Gasteiger partial charge >= 0.3 is 0 Å². The lowest BCUT2D eigenvalue weighted by Crippen LogP contribution is -2.36. The Hall–Kier alpha value is -4.82. The lowest BCUT2D eigenvalue weighted by Gasteiger charge is -2.43. The summed E-state index contributed by atoms with van der Waals surface area (Å²) in [6, 6.07) is 38.1. The Labute approximate surface area is 348 Å². The van der Waals surface area contributed by atoms with Crippen LogP contribution >= 0.6 is 0 Å². The van der Waals surface area contributed by atoms with E-state index in [1.54, 1.807) is 5.56 Å². The van der Waals surface area contributed by atoms with Crippen LogP contribution in [0.4, 0.5) is 11.4 Å². The van der Waals surface area contributed by atoms with Crippen LogP contribution in [0.1, 0.15) is 131 Å². The van der Waals surface area contributed by atoms with Crippen LogP contribution in [0.15, 0.2) is 103 Å². The van der Waals surface area contributed by atoms with Crippen LogP contribution in [0.5, 0.6) is 0 Å². The zero-order valence-electron chi connectivity index (χ0n) is 36.8. The zero-order chi connectivity index (χ0) is 40.7. The van der Waals surface area contributed by atoms with Crippen molar-refractivity contribution < 1.29 is 0 Å². The number of fused-ring (bicyclic) bond motifs is 6. The Kier molecular flexibility index (Phi) is 8.13. The molecule has 291 valence electrons. The van der Waals surface area contributed by atoms with Crippen LogP contribution in [0.3, 0.4) is 0 Å². The van der Waals surface area contributed by atoms with Crippen molar-refractivity contribution in [1.82, 2.24) is 0 Å². The fourth-order valence-corrected chi connectivity index (χ4v) is 11.4. The van der Waals surface area contributed by atoms with Crippen molar-refractivity contribution in [3.63, 3.8) is 0 Å². The number of rotatable bonds is 3. The van der Waals surface area contributed by atoms with Crippen molar-refractivity contribution >= 4 is 40.6 Å². The SMILES string of the molecule is Cc1cc(-c2cccc(-c3cc4ccccc4cc3C)c2C)c2c(c1)N(c1ccc3c(c1)C(C)(C)CCC3(C)C)C1=C([B]2)Cc2cc3c(cc21)C(C)(C)CCC3(C)C. The van der Waals surface area contributed by atoms with Crippen LogP contribution in [0.25, 0.3) is 38.7 Å². The molecule has 0 atom stereocenters. The molecule has 6 aromatic rings. The first-order valence-corrected chi connectivity index (χ1v) is 21.9. The average Bonchev–Trinajstić information content (AvgIpc) is 3.54. The summed E-state index contributed by atoms with van der Waals surface area (Å²) in [6.07, 6.45) is 5.81. The molecule has 0 aromatic heterocycles. The Morgan fingerprint density at radius 3 is 1.76 bits per heavy atom. The Morgan fingerprint density at radius 2 is 1.09 bits per heavy atom. The second kappa shape index (κ2) is 12.6. The van der Waals surface area contributed by atoms with Crippen molar-refractivity contribution in [2.24, 2.45) is 0 Å². The summed E-state index contributed by atoms with van der Waals surface area (Å²) in [6.45, 7) is 26.6. The highest BCUT2D eigenvalue weighted by atomic mass is 15.2. The van der Waals surface area contributed by atoms with Crippen molar-refractivity contribution in [3.8, 4) is 22.3 Å². The molecule has 0 N–H and O–H groups in total. The Morgan fingerprint density at radius 1 is 0.500 bits per heavy atom. The minimum Gasteiger partial charge on any atom is -0.311 e. The fourth-order valence-electron chi connectivity index (χ4n) is 11.4. The quantitative estimate of drug-likeness (QED) is 0.163. The van der Waals surface area contributed by atoms with Gasteiger partial charge in [0.1, 0.15) is 0 Å². The molecule has 1 aliphatic heterocycles. The highest BCUT2D eigenvalue weighted by Gasteiger charge is 2.43. The second-order valence-electron chi connectivity index (χ2n) is 21.1. The molecule has 6 aromatic carbocycles. The first-order chi connectivity index (χ1) is 27.4. The molecule has 0 saturated heterocycles. The number of hydrogen-bond acceptors (Lipinski definition) is 1. The molecular weight excluding hydrogens is 697 g/mol. The molecule has 2 heteroatoms. The predicted octanol–water partition coefficient (Wildman–Crippen LogP) is 14.2. The normalized spacial score (nSPS) is 19.2. The van der Waals surface area contributed by atoms with Crippen molar-refractivity contribution in [1.29, 1.82) is 0 Å². The third kappa shape index (κ3) is 5.64. The minimum absolute atomic E-state index is 0.112. The number of allylic oxidation sites excluding steroid dienone is 1. The number of anilines is 2. The Bertz CT molecular complexity index is 2770. The van der Waals surface area contributed by atoms with Gasteiger partial charge in [-0.3, -0.25) is 0 Å². The van der Waals surface area contributed by atoms with E-state index in [-0.39, 0.29) is 21.7 Å². The van der Waals surface area contributed by atoms with Gasteiger partial charge in [0, 0.05) is 22.6 Å². The van der Waals surface area contributed by atoms with Crippen LogP contribution in [0.2, 0.25) is 0 Å². The third-order valence-corrected chi connectivity index (χ3v) is 15.2. The minimum atomic E-state index is 0.112. The average molecular weight is 757 g/mol. The van der Waals surface area contributed by atoms with E-state index in [0.717, 1.165) is 6.42 Å². The highest BCUT2D eigenvalue weighted by Crippen LogP contribution is 2.53. The molecule has 1 heterocycles. The van der Waals surface area contributed by atoms with Gasteiger partial charge in [-0.15, -0.1) is 0 Å². The van der Waals surface area contributed by atoms with E-state index in [4.69, 9.17) is 0 Å². The predicted molar refractivity (Wildman–Crippen MR) is 251 cm³/mol. The van der Waals surface area contributed by atoms with E-state index < -0.39 is 0 Å². The number of aryl methyl sites for hydroxylation is 2. The van der Waals surface area contributed by atoms with Crippen LogP contribution in [-0.4, -0.2) is 7.28 Å². The summed E-state index contributed by atoms with van der Waals surface area (Å²) in [5, 5.41) is 2.58. The van der Waals surface area contributed by atoms with E-state index in [0.29, 0.717) is 0 Å². The summed E-state index contributed by atoms with van der Waals surface area (Å²) in [5.74, 6) is 0. The van der Waals surface area contributed by atoms with Gasteiger partial charge in [-0.2, -0.15) is 0 Å². The van der Waals surface area contributed by atoms with Crippen LogP contribution in [-0.2, 0) is 28.1 Å². The first kappa shape index (κ1) is 37.5. The van der Waals surface area contributed by atoms with E-state index in [1.165, 1.54) is 131 Å². The van der Waals surface area contributed by atoms with E-state index in [1.807, 2.05) is 0 Å². The van der Waals surface area contributed by atoms with E-state index in [2.05, 4.69) is 185 Å². The van der Waals surface area contributed by atoms with Crippen molar-refractivity contribution in [3.05, 3.63) is 153 Å². The standard InChI is InChI=1S/C56H59BN/c1-33-25-44(41-18-14-17-40(35(41)3)42-28-37-16-13-12-15-36(37)27-34(42)2)51-50(26-33)58(39-19-20-45-47(31-39)55(8,9)22-21-53(45,4)5)52-43-32-48-46(29-38(43)30-49(52)57-51)54(6,7)23-24-56(48,10)11/h12-20,25-29,31-32H,21-24,30H2,1-11H3. The van der Waals surface area contributed by atoms with Crippen LogP contribution < -0.4 is 10.4 Å². The van der Waals surface area contributed by atoms with Gasteiger partial charge in [-0.1, -0.05) is 133 Å². The lowest BCUT2D eigenvalue weighted by atomic mass is 9.57. The molecule has 3 aliphatic carbocycles. The fraction of sp³-hybridized carbons (Fsp3) is 0.357. The summed E-state index contributed by atoms with van der Waals surface area (Å²) in [5.41, 5.74) is 25.5. The van der Waals surface area contributed by atoms with Crippen molar-refractivity contribution in [2.45, 2.75) is 130 Å². The van der Waals surface area contributed by atoms with Gasteiger partial charge < -0.3 is 4.90 Å². The molecule has 0 saturated carbocycles. The molecule has 10 rings (SSSR count).